The number of anilines is 1. The standard InChI is InChI=1S/C28H39N3O3/c1-20(2)23-14-13-21(19-25(23)33-22-9-6-7-10-22)24-11-8-12-26(29-24)30-15-17-31(18-16-30)27(32)34-28(3,4)5/h8,11-14,19-20,22H,6-7,9-10,15-18H2,1-5H3. The van der Waals surface area contributed by atoms with Gasteiger partial charge in [0, 0.05) is 31.7 Å². The van der Waals surface area contributed by atoms with Crippen LogP contribution in [0.5, 0.6) is 5.75 Å². The second kappa shape index (κ2) is 10.2. The highest BCUT2D eigenvalue weighted by atomic mass is 16.6. The van der Waals surface area contributed by atoms with Crippen molar-refractivity contribution >= 4 is 11.9 Å². The van der Waals surface area contributed by atoms with Gasteiger partial charge in [0.15, 0.2) is 0 Å². The summed E-state index contributed by atoms with van der Waals surface area (Å²) in [5.74, 6) is 2.34. The second-order valence-corrected chi connectivity index (χ2v) is 10.8. The van der Waals surface area contributed by atoms with Crippen molar-refractivity contribution in [3.8, 4) is 17.0 Å². The summed E-state index contributed by atoms with van der Waals surface area (Å²) in [5.41, 5.74) is 2.80. The number of hydrogen-bond donors (Lipinski definition) is 0. The molecule has 2 fully saturated rings. The van der Waals surface area contributed by atoms with Gasteiger partial charge < -0.3 is 19.3 Å². The lowest BCUT2D eigenvalue weighted by atomic mass is 9.99. The van der Waals surface area contributed by atoms with Gasteiger partial charge in [0.2, 0.25) is 0 Å². The smallest absolute Gasteiger partial charge is 0.410 e. The van der Waals surface area contributed by atoms with Gasteiger partial charge in [-0.15, -0.1) is 0 Å². The average molecular weight is 466 g/mol. The Kier molecular flexibility index (Phi) is 7.34. The summed E-state index contributed by atoms with van der Waals surface area (Å²) in [7, 11) is 0. The number of carbonyl (C=O) groups is 1. The van der Waals surface area contributed by atoms with Gasteiger partial charge in [-0.05, 0) is 76.1 Å². The van der Waals surface area contributed by atoms with E-state index in [-0.39, 0.29) is 6.09 Å². The zero-order valence-corrected chi connectivity index (χ0v) is 21.3. The quantitative estimate of drug-likeness (QED) is 0.522. The molecule has 2 heterocycles. The molecule has 2 aliphatic rings. The molecule has 0 atom stereocenters. The fourth-order valence-electron chi connectivity index (χ4n) is 4.66. The van der Waals surface area contributed by atoms with Gasteiger partial charge in [0.1, 0.15) is 17.2 Å². The van der Waals surface area contributed by atoms with E-state index in [1.165, 1.54) is 18.4 Å². The number of ether oxygens (including phenoxy) is 2. The molecule has 1 aliphatic carbocycles. The number of rotatable bonds is 5. The van der Waals surface area contributed by atoms with Crippen LogP contribution in [-0.2, 0) is 4.74 Å². The normalized spacial score (nSPS) is 17.4. The van der Waals surface area contributed by atoms with Gasteiger partial charge in [0.05, 0.1) is 11.8 Å². The molecule has 2 aromatic rings. The molecule has 0 N–H and O–H groups in total. The lowest BCUT2D eigenvalue weighted by Crippen LogP contribution is -2.50. The zero-order chi connectivity index (χ0) is 24.3. The fourth-order valence-corrected chi connectivity index (χ4v) is 4.66. The molecule has 0 spiro atoms. The van der Waals surface area contributed by atoms with Gasteiger partial charge in [-0.1, -0.05) is 32.0 Å². The summed E-state index contributed by atoms with van der Waals surface area (Å²) >= 11 is 0. The molecule has 1 amide bonds. The van der Waals surface area contributed by atoms with Crippen molar-refractivity contribution in [1.82, 2.24) is 9.88 Å². The third kappa shape index (κ3) is 6.02. The number of benzene rings is 1. The Morgan fingerprint density at radius 3 is 2.38 bits per heavy atom. The molecule has 1 aliphatic heterocycles. The van der Waals surface area contributed by atoms with Gasteiger partial charge in [-0.3, -0.25) is 0 Å². The van der Waals surface area contributed by atoms with Crippen LogP contribution in [0.25, 0.3) is 11.3 Å². The lowest BCUT2D eigenvalue weighted by molar-refractivity contribution is 0.0240. The maximum atomic E-state index is 12.4. The Morgan fingerprint density at radius 2 is 1.74 bits per heavy atom. The monoisotopic (exact) mass is 465 g/mol. The zero-order valence-electron chi connectivity index (χ0n) is 21.3. The summed E-state index contributed by atoms with van der Waals surface area (Å²) in [5, 5.41) is 0. The first-order valence-electron chi connectivity index (χ1n) is 12.7. The van der Waals surface area contributed by atoms with E-state index in [9.17, 15) is 4.79 Å². The van der Waals surface area contributed by atoms with Crippen LogP contribution in [0.3, 0.4) is 0 Å². The molecule has 6 nitrogen and oxygen atoms in total. The number of nitrogens with zero attached hydrogens (tertiary/aromatic N) is 3. The van der Waals surface area contributed by atoms with Crippen LogP contribution in [0, 0.1) is 0 Å². The number of aromatic nitrogens is 1. The molecule has 1 saturated heterocycles. The number of pyridine rings is 1. The van der Waals surface area contributed by atoms with Crippen LogP contribution >= 0.6 is 0 Å². The van der Waals surface area contributed by atoms with E-state index in [0.717, 1.165) is 48.8 Å². The van der Waals surface area contributed by atoms with Crippen LogP contribution in [0.15, 0.2) is 36.4 Å². The van der Waals surface area contributed by atoms with Gasteiger partial charge in [0.25, 0.3) is 0 Å². The van der Waals surface area contributed by atoms with E-state index < -0.39 is 5.60 Å². The molecule has 6 heteroatoms. The minimum absolute atomic E-state index is 0.242. The maximum Gasteiger partial charge on any atom is 0.410 e. The fraction of sp³-hybridized carbons (Fsp3) is 0.571. The third-order valence-electron chi connectivity index (χ3n) is 6.52. The minimum atomic E-state index is -0.477. The van der Waals surface area contributed by atoms with Crippen LogP contribution in [0.1, 0.15) is 71.8 Å². The maximum absolute atomic E-state index is 12.4. The van der Waals surface area contributed by atoms with Gasteiger partial charge >= 0.3 is 6.09 Å². The largest absolute Gasteiger partial charge is 0.490 e. The second-order valence-electron chi connectivity index (χ2n) is 10.8. The Labute approximate surface area is 204 Å². The number of carbonyl (C=O) groups excluding carboxylic acids is 1. The average Bonchev–Trinajstić information content (AvgIpc) is 3.31. The van der Waals surface area contributed by atoms with Crippen molar-refractivity contribution in [2.45, 2.75) is 77.9 Å². The first kappa shape index (κ1) is 24.4. The molecule has 1 aromatic carbocycles. The van der Waals surface area contributed by atoms with E-state index in [0.29, 0.717) is 25.1 Å². The van der Waals surface area contributed by atoms with Crippen molar-refractivity contribution in [3.05, 3.63) is 42.0 Å². The molecule has 0 bridgehead atoms. The third-order valence-corrected chi connectivity index (χ3v) is 6.52. The van der Waals surface area contributed by atoms with Crippen LogP contribution in [0.4, 0.5) is 10.6 Å². The van der Waals surface area contributed by atoms with Crippen LogP contribution in [0.2, 0.25) is 0 Å². The number of hydrogen-bond acceptors (Lipinski definition) is 5. The van der Waals surface area contributed by atoms with Gasteiger partial charge in [-0.25, -0.2) is 9.78 Å². The topological polar surface area (TPSA) is 54.9 Å². The predicted molar refractivity (Wildman–Crippen MR) is 137 cm³/mol. The molecule has 0 unspecified atom stereocenters. The summed E-state index contributed by atoms with van der Waals surface area (Å²) in [4.78, 5) is 21.4. The van der Waals surface area contributed by atoms with Crippen molar-refractivity contribution in [1.29, 1.82) is 0 Å². The highest BCUT2D eigenvalue weighted by molar-refractivity contribution is 5.69. The van der Waals surface area contributed by atoms with Crippen molar-refractivity contribution in [2.75, 3.05) is 31.1 Å². The predicted octanol–water partition coefficient (Wildman–Crippen LogP) is 6.25. The first-order valence-corrected chi connectivity index (χ1v) is 12.7. The number of amides is 1. The summed E-state index contributed by atoms with van der Waals surface area (Å²) in [6.07, 6.45) is 4.88. The highest BCUT2D eigenvalue weighted by Crippen LogP contribution is 2.34. The van der Waals surface area contributed by atoms with Crippen molar-refractivity contribution < 1.29 is 14.3 Å². The Morgan fingerprint density at radius 1 is 1.03 bits per heavy atom. The molecule has 1 aromatic heterocycles. The van der Waals surface area contributed by atoms with E-state index in [4.69, 9.17) is 14.5 Å². The molecular formula is C28H39N3O3. The Bertz CT molecular complexity index is 985. The van der Waals surface area contributed by atoms with E-state index in [1.807, 2.05) is 26.8 Å². The van der Waals surface area contributed by atoms with E-state index in [1.54, 1.807) is 4.90 Å². The summed E-state index contributed by atoms with van der Waals surface area (Å²) in [6, 6.07) is 12.7. The molecular weight excluding hydrogens is 426 g/mol. The molecule has 4 rings (SSSR count). The molecule has 184 valence electrons. The summed E-state index contributed by atoms with van der Waals surface area (Å²) in [6.45, 7) is 12.8. The van der Waals surface area contributed by atoms with Crippen LogP contribution < -0.4 is 9.64 Å². The Hall–Kier alpha value is -2.76. The molecule has 1 saturated carbocycles. The first-order chi connectivity index (χ1) is 16.2. The van der Waals surface area contributed by atoms with Crippen molar-refractivity contribution in [2.24, 2.45) is 0 Å². The van der Waals surface area contributed by atoms with Crippen molar-refractivity contribution in [3.63, 3.8) is 0 Å². The van der Waals surface area contributed by atoms with Crippen LogP contribution in [-0.4, -0.2) is 53.9 Å². The summed E-state index contributed by atoms with van der Waals surface area (Å²) < 4.78 is 12.0. The number of piperazine rings is 1. The SMILES string of the molecule is CC(C)c1ccc(-c2cccc(N3CCN(C(=O)OC(C)(C)C)CC3)n2)cc1OC1CCCC1. The van der Waals surface area contributed by atoms with Gasteiger partial charge in [-0.2, -0.15) is 0 Å². The molecule has 0 radical (unpaired) electrons. The highest BCUT2D eigenvalue weighted by Gasteiger charge is 2.26. The lowest BCUT2D eigenvalue weighted by Gasteiger charge is -2.36. The minimum Gasteiger partial charge on any atom is -0.490 e. The van der Waals surface area contributed by atoms with E-state index in [2.05, 4.69) is 49.1 Å². The van der Waals surface area contributed by atoms with E-state index >= 15 is 0 Å². The molecule has 34 heavy (non-hydrogen) atoms. The Balaban J connectivity index is 1.48.